The van der Waals surface area contributed by atoms with Gasteiger partial charge < -0.3 is 14.5 Å². The molecular weight excluding hydrogens is 328 g/mol. The number of hydrogen-bond donors (Lipinski definition) is 0. The minimum Gasteiger partial charge on any atom is -0.385 e. The molecular formula is C20H32N4O2. The van der Waals surface area contributed by atoms with Gasteiger partial charge in [0.2, 0.25) is 5.91 Å². The highest BCUT2D eigenvalue weighted by Gasteiger charge is 2.41. The van der Waals surface area contributed by atoms with E-state index in [-0.39, 0.29) is 5.41 Å². The molecule has 2 fully saturated rings. The predicted octanol–water partition coefficient (Wildman–Crippen LogP) is 2.59. The van der Waals surface area contributed by atoms with Crippen LogP contribution in [0.15, 0.2) is 6.07 Å². The Morgan fingerprint density at radius 2 is 2.00 bits per heavy atom. The molecule has 0 unspecified atom stereocenters. The average Bonchev–Trinajstić information content (AvgIpc) is 2.65. The van der Waals surface area contributed by atoms with E-state index in [1.54, 1.807) is 7.11 Å². The number of likely N-dealkylation sites (tertiary alicyclic amines) is 1. The van der Waals surface area contributed by atoms with Crippen LogP contribution in [0, 0.1) is 12.3 Å². The fourth-order valence-corrected chi connectivity index (χ4v) is 4.28. The van der Waals surface area contributed by atoms with Gasteiger partial charge in [-0.3, -0.25) is 4.79 Å². The maximum Gasteiger partial charge on any atom is 0.222 e. The lowest BCUT2D eigenvalue weighted by molar-refractivity contribution is -0.138. The normalized spacial score (nSPS) is 20.0. The van der Waals surface area contributed by atoms with Gasteiger partial charge in [-0.15, -0.1) is 0 Å². The number of ether oxygens (including phenoxy) is 1. The maximum absolute atomic E-state index is 12.3. The van der Waals surface area contributed by atoms with Crippen molar-refractivity contribution >= 4 is 11.7 Å². The van der Waals surface area contributed by atoms with Gasteiger partial charge in [0.05, 0.1) is 0 Å². The number of piperidine rings is 2. The molecule has 3 heterocycles. The van der Waals surface area contributed by atoms with Crippen LogP contribution in [0.4, 0.5) is 5.82 Å². The van der Waals surface area contributed by atoms with Crippen LogP contribution in [0.3, 0.4) is 0 Å². The van der Waals surface area contributed by atoms with E-state index in [1.165, 1.54) is 0 Å². The number of aromatic nitrogens is 2. The molecule has 1 spiro atoms. The van der Waals surface area contributed by atoms with Crippen molar-refractivity contribution in [3.05, 3.63) is 17.6 Å². The molecule has 0 bridgehead atoms. The van der Waals surface area contributed by atoms with Crippen LogP contribution in [0.25, 0.3) is 0 Å². The first-order chi connectivity index (χ1) is 12.5. The molecule has 1 aromatic heterocycles. The molecule has 3 rings (SSSR count). The molecule has 0 aliphatic carbocycles. The van der Waals surface area contributed by atoms with Crippen LogP contribution in [0.1, 0.15) is 50.5 Å². The molecule has 1 aromatic rings. The van der Waals surface area contributed by atoms with Crippen LogP contribution >= 0.6 is 0 Å². The Morgan fingerprint density at radius 3 is 2.69 bits per heavy atom. The molecule has 0 atom stereocenters. The van der Waals surface area contributed by atoms with Crippen molar-refractivity contribution in [3.63, 3.8) is 0 Å². The molecule has 1 amide bonds. The van der Waals surface area contributed by atoms with E-state index in [2.05, 4.69) is 32.8 Å². The van der Waals surface area contributed by atoms with E-state index < -0.39 is 0 Å². The largest absolute Gasteiger partial charge is 0.385 e. The minimum absolute atomic E-state index is 0.285. The second-order valence-electron chi connectivity index (χ2n) is 7.77. The molecule has 0 saturated carbocycles. The van der Waals surface area contributed by atoms with Gasteiger partial charge in [0, 0.05) is 58.1 Å². The molecule has 6 heteroatoms. The van der Waals surface area contributed by atoms with Crippen LogP contribution in [0.2, 0.25) is 0 Å². The molecule has 2 aliphatic heterocycles. The summed E-state index contributed by atoms with van der Waals surface area (Å²) >= 11 is 0. The number of aryl methyl sites for hydroxylation is 2. The van der Waals surface area contributed by atoms with Crippen LogP contribution < -0.4 is 4.90 Å². The molecule has 26 heavy (non-hydrogen) atoms. The summed E-state index contributed by atoms with van der Waals surface area (Å²) in [5.74, 6) is 2.23. The van der Waals surface area contributed by atoms with Crippen LogP contribution in [0.5, 0.6) is 0 Å². The number of carbonyl (C=O) groups excluding carboxylic acids is 1. The first-order valence-corrected chi connectivity index (χ1v) is 9.91. The standard InChI is InChI=1S/C20H32N4O2/c1-4-17-14-18(22-16(2)21-17)23-11-8-20(9-12-23)7-6-19(25)24(15-20)10-5-13-26-3/h14H,4-13,15H2,1-3H3. The first-order valence-electron chi connectivity index (χ1n) is 9.91. The summed E-state index contributed by atoms with van der Waals surface area (Å²) in [6.07, 6.45) is 5.84. The summed E-state index contributed by atoms with van der Waals surface area (Å²) < 4.78 is 5.14. The van der Waals surface area contributed by atoms with Crippen molar-refractivity contribution in [3.8, 4) is 0 Å². The summed E-state index contributed by atoms with van der Waals surface area (Å²) in [6.45, 7) is 8.58. The van der Waals surface area contributed by atoms with Gasteiger partial charge in [0.25, 0.3) is 0 Å². The highest BCUT2D eigenvalue weighted by Crippen LogP contribution is 2.41. The van der Waals surface area contributed by atoms with E-state index >= 15 is 0 Å². The molecule has 144 valence electrons. The number of amides is 1. The van der Waals surface area contributed by atoms with Gasteiger partial charge >= 0.3 is 0 Å². The average molecular weight is 361 g/mol. The van der Waals surface area contributed by atoms with Crippen LogP contribution in [-0.2, 0) is 16.0 Å². The van der Waals surface area contributed by atoms with Crippen molar-refractivity contribution in [1.29, 1.82) is 0 Å². The highest BCUT2D eigenvalue weighted by atomic mass is 16.5. The van der Waals surface area contributed by atoms with E-state index in [0.717, 1.165) is 82.2 Å². The number of anilines is 1. The summed E-state index contributed by atoms with van der Waals surface area (Å²) in [5.41, 5.74) is 1.40. The fraction of sp³-hybridized carbons (Fsp3) is 0.750. The molecule has 2 saturated heterocycles. The number of nitrogens with zero attached hydrogens (tertiary/aromatic N) is 4. The first kappa shape index (κ1) is 19.1. The molecule has 6 nitrogen and oxygen atoms in total. The zero-order chi connectivity index (χ0) is 18.6. The van der Waals surface area contributed by atoms with Crippen molar-refractivity contribution in [2.45, 2.75) is 52.4 Å². The van der Waals surface area contributed by atoms with Crippen molar-refractivity contribution in [2.75, 3.05) is 44.8 Å². The SMILES string of the molecule is CCc1cc(N2CCC3(CCC(=O)N(CCCOC)C3)CC2)nc(C)n1. The number of rotatable bonds is 6. The number of carbonyl (C=O) groups is 1. The molecule has 0 radical (unpaired) electrons. The fourth-order valence-electron chi connectivity index (χ4n) is 4.28. The number of methoxy groups -OCH3 is 1. The van der Waals surface area contributed by atoms with E-state index in [9.17, 15) is 4.79 Å². The van der Waals surface area contributed by atoms with E-state index in [0.29, 0.717) is 12.3 Å². The summed E-state index contributed by atoms with van der Waals surface area (Å²) in [5, 5.41) is 0. The lowest BCUT2D eigenvalue weighted by Crippen LogP contribution is -2.52. The second-order valence-corrected chi connectivity index (χ2v) is 7.77. The molecule has 0 aromatic carbocycles. The highest BCUT2D eigenvalue weighted by molar-refractivity contribution is 5.77. The Morgan fingerprint density at radius 1 is 1.23 bits per heavy atom. The monoisotopic (exact) mass is 360 g/mol. The van der Waals surface area contributed by atoms with Gasteiger partial charge in [-0.2, -0.15) is 0 Å². The lowest BCUT2D eigenvalue weighted by Gasteiger charge is -2.47. The van der Waals surface area contributed by atoms with E-state index in [4.69, 9.17) is 4.74 Å². The van der Waals surface area contributed by atoms with Crippen molar-refractivity contribution < 1.29 is 9.53 Å². The Labute approximate surface area is 156 Å². The molecule has 2 aliphatic rings. The van der Waals surface area contributed by atoms with Crippen molar-refractivity contribution in [2.24, 2.45) is 5.41 Å². The zero-order valence-corrected chi connectivity index (χ0v) is 16.5. The third kappa shape index (κ3) is 4.34. The van der Waals surface area contributed by atoms with Gasteiger partial charge in [-0.1, -0.05) is 6.92 Å². The third-order valence-electron chi connectivity index (χ3n) is 5.91. The summed E-state index contributed by atoms with van der Waals surface area (Å²) in [6, 6.07) is 2.13. The van der Waals surface area contributed by atoms with Gasteiger partial charge in [0.15, 0.2) is 0 Å². The maximum atomic E-state index is 12.3. The van der Waals surface area contributed by atoms with Crippen LogP contribution in [-0.4, -0.2) is 60.7 Å². The predicted molar refractivity (Wildman–Crippen MR) is 102 cm³/mol. The van der Waals surface area contributed by atoms with Gasteiger partial charge in [-0.05, 0) is 44.4 Å². The third-order valence-corrected chi connectivity index (χ3v) is 5.91. The smallest absolute Gasteiger partial charge is 0.222 e. The Balaban J connectivity index is 1.62. The van der Waals surface area contributed by atoms with Gasteiger partial charge in [0.1, 0.15) is 11.6 Å². The Bertz CT molecular complexity index is 626. The van der Waals surface area contributed by atoms with Crippen molar-refractivity contribution in [1.82, 2.24) is 14.9 Å². The summed E-state index contributed by atoms with van der Waals surface area (Å²) in [4.78, 5) is 25.9. The number of hydrogen-bond acceptors (Lipinski definition) is 5. The second kappa shape index (κ2) is 8.33. The topological polar surface area (TPSA) is 58.6 Å². The zero-order valence-electron chi connectivity index (χ0n) is 16.5. The Kier molecular flexibility index (Phi) is 6.12. The van der Waals surface area contributed by atoms with Gasteiger partial charge in [-0.25, -0.2) is 9.97 Å². The lowest BCUT2D eigenvalue weighted by atomic mass is 9.72. The molecule has 0 N–H and O–H groups in total. The van der Waals surface area contributed by atoms with E-state index in [1.807, 2.05) is 6.92 Å². The summed E-state index contributed by atoms with van der Waals surface area (Å²) in [7, 11) is 1.72. The Hall–Kier alpha value is -1.69. The quantitative estimate of drug-likeness (QED) is 0.730. The minimum atomic E-state index is 0.285.